The third kappa shape index (κ3) is 5.25. The largest absolute Gasteiger partial charge is 0.384 e. The molecule has 0 spiro atoms. The summed E-state index contributed by atoms with van der Waals surface area (Å²) in [6, 6.07) is 0. The molecule has 0 saturated carbocycles. The van der Waals surface area contributed by atoms with Crippen molar-refractivity contribution in [2.24, 2.45) is 13.0 Å². The molecule has 0 atom stereocenters. The number of anilines is 1. The van der Waals surface area contributed by atoms with Crippen molar-refractivity contribution in [1.29, 1.82) is 0 Å². The van der Waals surface area contributed by atoms with Gasteiger partial charge in [-0.1, -0.05) is 52.9 Å². The van der Waals surface area contributed by atoms with Gasteiger partial charge in [-0.3, -0.25) is 4.68 Å². The van der Waals surface area contributed by atoms with Crippen LogP contribution in [0.1, 0.15) is 70.6 Å². The molecule has 1 heterocycles. The minimum Gasteiger partial charge on any atom is -0.384 e. The maximum Gasteiger partial charge on any atom is 0.124 e. The van der Waals surface area contributed by atoms with Gasteiger partial charge in [0.2, 0.25) is 0 Å². The van der Waals surface area contributed by atoms with Crippen LogP contribution >= 0.6 is 0 Å². The molecule has 0 radical (unpaired) electrons. The van der Waals surface area contributed by atoms with Gasteiger partial charge < -0.3 is 5.73 Å². The van der Waals surface area contributed by atoms with E-state index in [1.165, 1.54) is 49.8 Å². The van der Waals surface area contributed by atoms with E-state index in [4.69, 9.17) is 5.73 Å². The molecule has 1 rings (SSSR count). The van der Waals surface area contributed by atoms with Crippen LogP contribution in [0.5, 0.6) is 0 Å². The van der Waals surface area contributed by atoms with Crippen LogP contribution in [0.2, 0.25) is 0 Å². The second kappa shape index (κ2) is 8.23. The second-order valence-corrected chi connectivity index (χ2v) is 6.05. The highest BCUT2D eigenvalue weighted by atomic mass is 15.3. The van der Waals surface area contributed by atoms with Crippen LogP contribution in [0, 0.1) is 5.92 Å². The van der Waals surface area contributed by atoms with Crippen LogP contribution in [0.4, 0.5) is 5.82 Å². The fourth-order valence-electron chi connectivity index (χ4n) is 2.54. The minimum absolute atomic E-state index is 0.634. The van der Waals surface area contributed by atoms with Crippen molar-refractivity contribution in [1.82, 2.24) is 9.78 Å². The Balaban J connectivity index is 2.46. The first-order valence-corrected chi connectivity index (χ1v) is 7.86. The predicted octanol–water partition coefficient (Wildman–Crippen LogP) is 4.10. The Morgan fingerprint density at radius 2 is 1.74 bits per heavy atom. The maximum absolute atomic E-state index is 6.12. The zero-order valence-corrected chi connectivity index (χ0v) is 13.2. The summed E-state index contributed by atoms with van der Waals surface area (Å²) in [5.41, 5.74) is 8.63. The van der Waals surface area contributed by atoms with Gasteiger partial charge in [0.05, 0.1) is 5.69 Å². The number of nitrogens with zero attached hydrogens (tertiary/aromatic N) is 2. The Hall–Kier alpha value is -0.990. The van der Waals surface area contributed by atoms with Crippen molar-refractivity contribution in [2.75, 3.05) is 5.73 Å². The lowest BCUT2D eigenvalue weighted by molar-refractivity contribution is 0.596. The molecular formula is C16H31N3. The molecule has 0 aliphatic rings. The zero-order valence-electron chi connectivity index (χ0n) is 13.2. The lowest BCUT2D eigenvalue weighted by atomic mass is 9.99. The number of aryl methyl sites for hydroxylation is 2. The smallest absolute Gasteiger partial charge is 0.124 e. The van der Waals surface area contributed by atoms with Crippen molar-refractivity contribution in [2.45, 2.75) is 72.1 Å². The van der Waals surface area contributed by atoms with Gasteiger partial charge in [-0.15, -0.1) is 0 Å². The molecule has 0 saturated heterocycles. The molecule has 0 aromatic carbocycles. The molecule has 0 fully saturated rings. The molecule has 0 aliphatic carbocycles. The molecule has 2 N–H and O–H groups in total. The SMILES string of the molecule is CCCCCCCCc1nn(C)c(N)c1CC(C)C. The number of nitrogens with two attached hydrogens (primary N) is 1. The van der Waals surface area contributed by atoms with Gasteiger partial charge in [-0.2, -0.15) is 5.10 Å². The summed E-state index contributed by atoms with van der Waals surface area (Å²) in [7, 11) is 1.95. The summed E-state index contributed by atoms with van der Waals surface area (Å²) >= 11 is 0. The van der Waals surface area contributed by atoms with Gasteiger partial charge in [-0.25, -0.2) is 0 Å². The number of hydrogen-bond acceptors (Lipinski definition) is 2. The highest BCUT2D eigenvalue weighted by Gasteiger charge is 2.14. The third-order valence-electron chi connectivity index (χ3n) is 3.66. The number of rotatable bonds is 9. The van der Waals surface area contributed by atoms with Crippen molar-refractivity contribution < 1.29 is 0 Å². The summed E-state index contributed by atoms with van der Waals surface area (Å²) in [4.78, 5) is 0. The average Bonchev–Trinajstić information content (AvgIpc) is 2.61. The molecule has 0 aliphatic heterocycles. The second-order valence-electron chi connectivity index (χ2n) is 6.05. The van der Waals surface area contributed by atoms with Crippen LogP contribution in [0.3, 0.4) is 0 Å². The van der Waals surface area contributed by atoms with E-state index in [2.05, 4.69) is 25.9 Å². The van der Waals surface area contributed by atoms with Crippen LogP contribution in [-0.2, 0) is 19.9 Å². The Morgan fingerprint density at radius 3 is 2.37 bits per heavy atom. The molecule has 0 bridgehead atoms. The molecule has 1 aromatic rings. The van der Waals surface area contributed by atoms with E-state index >= 15 is 0 Å². The van der Waals surface area contributed by atoms with Gasteiger partial charge in [0.15, 0.2) is 0 Å². The van der Waals surface area contributed by atoms with Crippen molar-refractivity contribution in [3.63, 3.8) is 0 Å². The van der Waals surface area contributed by atoms with E-state index < -0.39 is 0 Å². The van der Waals surface area contributed by atoms with Crippen LogP contribution in [0.15, 0.2) is 0 Å². The Kier molecular flexibility index (Phi) is 6.96. The number of unbranched alkanes of at least 4 members (excludes halogenated alkanes) is 5. The van der Waals surface area contributed by atoms with Crippen LogP contribution in [0.25, 0.3) is 0 Å². The van der Waals surface area contributed by atoms with Gasteiger partial charge in [0.1, 0.15) is 5.82 Å². The van der Waals surface area contributed by atoms with Gasteiger partial charge in [-0.05, 0) is 25.2 Å². The highest BCUT2D eigenvalue weighted by Crippen LogP contribution is 2.22. The lowest BCUT2D eigenvalue weighted by Gasteiger charge is -2.06. The summed E-state index contributed by atoms with van der Waals surface area (Å²) in [5.74, 6) is 1.49. The topological polar surface area (TPSA) is 43.8 Å². The molecule has 110 valence electrons. The Labute approximate surface area is 118 Å². The number of hydrogen-bond donors (Lipinski definition) is 1. The quantitative estimate of drug-likeness (QED) is 0.683. The zero-order chi connectivity index (χ0) is 14.3. The van der Waals surface area contributed by atoms with Gasteiger partial charge in [0.25, 0.3) is 0 Å². The fraction of sp³-hybridized carbons (Fsp3) is 0.812. The molecular weight excluding hydrogens is 234 g/mol. The summed E-state index contributed by atoms with van der Waals surface area (Å²) < 4.78 is 1.84. The molecule has 3 nitrogen and oxygen atoms in total. The Morgan fingerprint density at radius 1 is 1.11 bits per heavy atom. The number of nitrogen functional groups attached to an aromatic ring is 1. The Bertz CT molecular complexity index is 366. The standard InChI is InChI=1S/C16H31N3/c1-5-6-7-8-9-10-11-15-14(12-13(2)3)16(17)19(4)18-15/h13H,5-12,17H2,1-4H3. The monoisotopic (exact) mass is 265 g/mol. The third-order valence-corrected chi connectivity index (χ3v) is 3.66. The first kappa shape index (κ1) is 16.1. The first-order chi connectivity index (χ1) is 9.06. The molecule has 1 aromatic heterocycles. The molecule has 0 amide bonds. The molecule has 19 heavy (non-hydrogen) atoms. The average molecular weight is 265 g/mol. The van der Waals surface area contributed by atoms with E-state index in [1.54, 1.807) is 0 Å². The van der Waals surface area contributed by atoms with Crippen molar-refractivity contribution in [3.8, 4) is 0 Å². The van der Waals surface area contributed by atoms with Gasteiger partial charge >= 0.3 is 0 Å². The fourth-order valence-corrected chi connectivity index (χ4v) is 2.54. The van der Waals surface area contributed by atoms with E-state index in [-0.39, 0.29) is 0 Å². The number of aromatic nitrogens is 2. The summed E-state index contributed by atoms with van der Waals surface area (Å²) in [6.45, 7) is 6.73. The highest BCUT2D eigenvalue weighted by molar-refractivity contribution is 5.43. The van der Waals surface area contributed by atoms with Crippen molar-refractivity contribution in [3.05, 3.63) is 11.3 Å². The maximum atomic E-state index is 6.12. The molecule has 3 heteroatoms. The van der Waals surface area contributed by atoms with Crippen molar-refractivity contribution >= 4 is 5.82 Å². The van der Waals surface area contributed by atoms with E-state index in [0.717, 1.165) is 18.7 Å². The van der Waals surface area contributed by atoms with Crippen LogP contribution < -0.4 is 5.73 Å². The minimum atomic E-state index is 0.634. The molecule has 0 unspecified atom stereocenters. The first-order valence-electron chi connectivity index (χ1n) is 7.86. The predicted molar refractivity (Wildman–Crippen MR) is 83.2 cm³/mol. The van der Waals surface area contributed by atoms with E-state index in [1.807, 2.05) is 11.7 Å². The summed E-state index contributed by atoms with van der Waals surface area (Å²) in [5, 5.41) is 4.59. The van der Waals surface area contributed by atoms with Gasteiger partial charge in [0, 0.05) is 12.6 Å². The normalized spacial score (nSPS) is 11.4. The summed E-state index contributed by atoms with van der Waals surface area (Å²) in [6.07, 6.45) is 10.1. The van der Waals surface area contributed by atoms with E-state index in [0.29, 0.717) is 5.92 Å². The van der Waals surface area contributed by atoms with Crippen LogP contribution in [-0.4, -0.2) is 9.78 Å². The lowest BCUT2D eigenvalue weighted by Crippen LogP contribution is -2.02. The van der Waals surface area contributed by atoms with E-state index in [9.17, 15) is 0 Å².